The van der Waals surface area contributed by atoms with Crippen molar-refractivity contribution in [3.63, 3.8) is 0 Å². The van der Waals surface area contributed by atoms with Gasteiger partial charge in [0.25, 0.3) is 11.5 Å². The zero-order chi connectivity index (χ0) is 17.6. The number of hydrogen-bond acceptors (Lipinski definition) is 5. The number of carbonyl (C=O) groups excluding carboxylic acids is 1. The highest BCUT2D eigenvalue weighted by molar-refractivity contribution is 5.96. The van der Waals surface area contributed by atoms with Crippen LogP contribution in [0.5, 0.6) is 0 Å². The lowest BCUT2D eigenvalue weighted by Crippen LogP contribution is -2.54. The minimum Gasteiger partial charge on any atom is -0.338 e. The highest BCUT2D eigenvalue weighted by atomic mass is 35.5. The van der Waals surface area contributed by atoms with Crippen molar-refractivity contribution < 1.29 is 4.79 Å². The van der Waals surface area contributed by atoms with Gasteiger partial charge in [0.2, 0.25) is 0 Å². The topological polar surface area (TPSA) is 114 Å². The summed E-state index contributed by atoms with van der Waals surface area (Å²) in [5.74, 6) is -0.183. The Morgan fingerprint density at radius 2 is 2.00 bits per heavy atom. The van der Waals surface area contributed by atoms with Gasteiger partial charge in [0.15, 0.2) is 0 Å². The lowest BCUT2D eigenvalue weighted by Gasteiger charge is -2.42. The summed E-state index contributed by atoms with van der Waals surface area (Å²) >= 11 is 0. The molecule has 0 saturated carbocycles. The molecule has 2 aromatic rings. The Morgan fingerprint density at radius 3 is 2.62 bits per heavy atom. The van der Waals surface area contributed by atoms with Gasteiger partial charge in [-0.2, -0.15) is 0 Å². The number of carbonyl (C=O) groups is 1. The number of nitrogens with two attached hydrogens (primary N) is 1. The Balaban J connectivity index is 0.00000169. The molecule has 2 aromatic heterocycles. The second-order valence-electron chi connectivity index (χ2n) is 7.02. The molecule has 10 heteroatoms. The second kappa shape index (κ2) is 7.77. The molecule has 3 heterocycles. The predicted molar refractivity (Wildman–Crippen MR) is 104 cm³/mol. The van der Waals surface area contributed by atoms with E-state index in [4.69, 9.17) is 5.73 Å². The van der Waals surface area contributed by atoms with Gasteiger partial charge < -0.3 is 10.6 Å². The van der Waals surface area contributed by atoms with Crippen molar-refractivity contribution in [2.75, 3.05) is 13.1 Å². The summed E-state index contributed by atoms with van der Waals surface area (Å²) in [6.07, 6.45) is 2.14. The van der Waals surface area contributed by atoms with E-state index in [1.165, 1.54) is 23.9 Å². The first-order valence-electron chi connectivity index (χ1n) is 7.84. The van der Waals surface area contributed by atoms with Crippen molar-refractivity contribution in [2.24, 2.45) is 18.2 Å². The molecule has 0 radical (unpaired) electrons. The van der Waals surface area contributed by atoms with Crippen LogP contribution in [0.15, 0.2) is 21.9 Å². The number of likely N-dealkylation sites (tertiary alicyclic amines) is 1. The number of aromatic nitrogens is 3. The number of nitrogens with one attached hydrogen (secondary N) is 1. The minimum absolute atomic E-state index is 0. The largest absolute Gasteiger partial charge is 0.338 e. The molecule has 1 unspecified atom stereocenters. The molecule has 1 fully saturated rings. The maximum absolute atomic E-state index is 12.8. The van der Waals surface area contributed by atoms with E-state index in [1.54, 1.807) is 4.90 Å². The molecule has 8 nitrogen and oxygen atoms in total. The Labute approximate surface area is 162 Å². The maximum atomic E-state index is 12.8. The van der Waals surface area contributed by atoms with Gasteiger partial charge in [0.05, 0.1) is 10.9 Å². The third-order valence-corrected chi connectivity index (χ3v) is 4.80. The molecule has 1 atom stereocenters. The number of aromatic amines is 1. The first-order chi connectivity index (χ1) is 11.2. The first kappa shape index (κ1) is 22.1. The molecule has 0 spiro atoms. The summed E-state index contributed by atoms with van der Waals surface area (Å²) in [6, 6.07) is 1.54. The lowest BCUT2D eigenvalue weighted by molar-refractivity contribution is 0.0533. The van der Waals surface area contributed by atoms with Crippen LogP contribution in [0.2, 0.25) is 0 Å². The Kier molecular flexibility index (Phi) is 6.62. The van der Waals surface area contributed by atoms with Gasteiger partial charge in [-0.15, -0.1) is 24.8 Å². The predicted octanol–water partition coefficient (Wildman–Crippen LogP) is 0.665. The second-order valence-corrected chi connectivity index (χ2v) is 7.02. The van der Waals surface area contributed by atoms with E-state index in [0.29, 0.717) is 18.7 Å². The zero-order valence-corrected chi connectivity index (χ0v) is 16.4. The summed E-state index contributed by atoms with van der Waals surface area (Å²) in [7, 11) is 1.52. The number of H-pyrrole nitrogens is 1. The summed E-state index contributed by atoms with van der Waals surface area (Å²) < 4.78 is 1.24. The third-order valence-electron chi connectivity index (χ3n) is 4.80. The van der Waals surface area contributed by atoms with Crippen molar-refractivity contribution in [3.05, 3.63) is 38.7 Å². The van der Waals surface area contributed by atoms with Crippen LogP contribution in [-0.2, 0) is 7.05 Å². The normalized spacial score (nSPS) is 18.8. The fourth-order valence-corrected chi connectivity index (χ4v) is 3.08. The summed E-state index contributed by atoms with van der Waals surface area (Å²) in [6.45, 7) is 5.20. The molecule has 0 bridgehead atoms. The van der Waals surface area contributed by atoms with Crippen molar-refractivity contribution >= 4 is 41.8 Å². The Morgan fingerprint density at radius 1 is 1.35 bits per heavy atom. The average molecular weight is 404 g/mol. The smallest absolute Gasteiger partial charge is 0.329 e. The number of amides is 1. The van der Waals surface area contributed by atoms with E-state index in [1.807, 2.05) is 13.8 Å². The van der Waals surface area contributed by atoms with E-state index in [9.17, 15) is 14.4 Å². The van der Waals surface area contributed by atoms with Gasteiger partial charge in [0, 0.05) is 32.4 Å². The van der Waals surface area contributed by atoms with Gasteiger partial charge in [-0.1, -0.05) is 13.8 Å². The fraction of sp³-hybridized carbons (Fsp3) is 0.500. The van der Waals surface area contributed by atoms with Crippen molar-refractivity contribution in [1.82, 2.24) is 19.4 Å². The highest BCUT2D eigenvalue weighted by Gasteiger charge is 2.35. The van der Waals surface area contributed by atoms with Crippen LogP contribution < -0.4 is 17.0 Å². The summed E-state index contributed by atoms with van der Waals surface area (Å²) in [4.78, 5) is 44.5. The molecule has 1 aliphatic heterocycles. The van der Waals surface area contributed by atoms with E-state index in [-0.39, 0.29) is 53.2 Å². The van der Waals surface area contributed by atoms with Crippen LogP contribution in [0.3, 0.4) is 0 Å². The van der Waals surface area contributed by atoms with Gasteiger partial charge in [-0.3, -0.25) is 19.1 Å². The van der Waals surface area contributed by atoms with Crippen LogP contribution in [0.1, 0.15) is 30.6 Å². The number of rotatable bonds is 1. The first-order valence-corrected chi connectivity index (χ1v) is 7.84. The van der Waals surface area contributed by atoms with Gasteiger partial charge in [-0.25, -0.2) is 9.78 Å². The van der Waals surface area contributed by atoms with E-state index in [2.05, 4.69) is 9.97 Å². The molecular weight excluding hydrogens is 381 g/mol. The van der Waals surface area contributed by atoms with Crippen LogP contribution in [-0.4, -0.2) is 44.5 Å². The van der Waals surface area contributed by atoms with Crippen molar-refractivity contribution in [2.45, 2.75) is 26.3 Å². The van der Waals surface area contributed by atoms with E-state index >= 15 is 0 Å². The van der Waals surface area contributed by atoms with Crippen LogP contribution >= 0.6 is 24.8 Å². The van der Waals surface area contributed by atoms with E-state index < -0.39 is 11.2 Å². The number of hydrogen-bond donors (Lipinski definition) is 2. The SMILES string of the molecule is Cl.Cl.Cn1c(=O)[nH]c(=O)c2cc(C(=O)N3CCC(N)C(C)(C)C3)cnc21. The quantitative estimate of drug-likeness (QED) is 0.725. The van der Waals surface area contributed by atoms with Gasteiger partial charge in [0.1, 0.15) is 5.65 Å². The Bertz CT molecular complexity index is 938. The van der Waals surface area contributed by atoms with E-state index in [0.717, 1.165) is 6.42 Å². The van der Waals surface area contributed by atoms with Crippen LogP contribution in [0.4, 0.5) is 0 Å². The molecule has 144 valence electrons. The van der Waals surface area contributed by atoms with Crippen LogP contribution in [0.25, 0.3) is 11.0 Å². The molecule has 1 saturated heterocycles. The molecule has 0 aromatic carbocycles. The van der Waals surface area contributed by atoms with Crippen molar-refractivity contribution in [1.29, 1.82) is 0 Å². The lowest BCUT2D eigenvalue weighted by atomic mass is 9.79. The number of pyridine rings is 1. The van der Waals surface area contributed by atoms with Crippen LogP contribution in [0, 0.1) is 5.41 Å². The Hall–Kier alpha value is -1.90. The number of aryl methyl sites for hydroxylation is 1. The minimum atomic E-state index is -0.545. The molecule has 3 N–H and O–H groups in total. The summed E-state index contributed by atoms with van der Waals surface area (Å²) in [5, 5.41) is 0.218. The zero-order valence-electron chi connectivity index (χ0n) is 14.8. The summed E-state index contributed by atoms with van der Waals surface area (Å²) in [5.41, 5.74) is 5.44. The maximum Gasteiger partial charge on any atom is 0.329 e. The van der Waals surface area contributed by atoms with Gasteiger partial charge >= 0.3 is 5.69 Å². The van der Waals surface area contributed by atoms with Crippen molar-refractivity contribution in [3.8, 4) is 0 Å². The molecule has 26 heavy (non-hydrogen) atoms. The number of halogens is 2. The number of nitrogens with zero attached hydrogens (tertiary/aromatic N) is 3. The fourth-order valence-electron chi connectivity index (χ4n) is 3.08. The molecular formula is C16H23Cl2N5O3. The third kappa shape index (κ3) is 3.77. The molecule has 1 aliphatic rings. The molecule has 0 aliphatic carbocycles. The monoisotopic (exact) mass is 403 g/mol. The van der Waals surface area contributed by atoms with Gasteiger partial charge in [-0.05, 0) is 17.9 Å². The highest BCUT2D eigenvalue weighted by Crippen LogP contribution is 2.28. The average Bonchev–Trinajstić information content (AvgIpc) is 2.54. The molecule has 1 amide bonds. The number of piperidine rings is 1. The number of fused-ring (bicyclic) bond motifs is 1. The molecule has 3 rings (SSSR count). The standard InChI is InChI=1S/C16H21N5O3.2ClH/c1-16(2)8-21(5-4-11(16)17)14(23)9-6-10-12(18-7-9)20(3)15(24)19-13(10)22;;/h6-7,11H,4-5,8,17H2,1-3H3,(H,19,22,24);2*1H.